The number of aliphatic hydroxyl groups is 1. The van der Waals surface area contributed by atoms with Crippen LogP contribution in [0.3, 0.4) is 0 Å². The van der Waals surface area contributed by atoms with Crippen molar-refractivity contribution >= 4 is 0 Å². The Kier molecular flexibility index (Phi) is 5.13. The maximum absolute atomic E-state index is 9.84. The minimum absolute atomic E-state index is 0.424. The molecule has 0 amide bonds. The van der Waals surface area contributed by atoms with Gasteiger partial charge in [0, 0.05) is 26.2 Å². The van der Waals surface area contributed by atoms with E-state index in [9.17, 15) is 5.11 Å². The van der Waals surface area contributed by atoms with Crippen molar-refractivity contribution in [2.75, 3.05) is 39.9 Å². The van der Waals surface area contributed by atoms with Crippen molar-refractivity contribution in [3.63, 3.8) is 0 Å². The smallest absolute Gasteiger partial charge is 0.0914 e. The van der Waals surface area contributed by atoms with Gasteiger partial charge >= 0.3 is 0 Å². The minimum Gasteiger partial charge on any atom is -0.387 e. The molecule has 4 heteroatoms. The van der Waals surface area contributed by atoms with Crippen LogP contribution in [0.2, 0.25) is 0 Å². The van der Waals surface area contributed by atoms with E-state index in [0.29, 0.717) is 6.54 Å². The second kappa shape index (κ2) is 6.85. The molecule has 2 N–H and O–H groups in total. The molecule has 0 aliphatic carbocycles. The fourth-order valence-corrected chi connectivity index (χ4v) is 2.17. The van der Waals surface area contributed by atoms with Crippen LogP contribution in [0.1, 0.15) is 17.2 Å². The average molecular weight is 250 g/mol. The lowest BCUT2D eigenvalue weighted by Crippen LogP contribution is -2.35. The molecule has 1 saturated heterocycles. The van der Waals surface area contributed by atoms with Crippen molar-refractivity contribution in [2.24, 2.45) is 0 Å². The van der Waals surface area contributed by atoms with Gasteiger partial charge in [0.05, 0.1) is 19.3 Å². The highest BCUT2D eigenvalue weighted by molar-refractivity contribution is 5.24. The summed E-state index contributed by atoms with van der Waals surface area (Å²) in [6, 6.07) is 8.23. The van der Waals surface area contributed by atoms with E-state index in [0.717, 1.165) is 38.4 Å². The second-order valence-electron chi connectivity index (χ2n) is 4.70. The Hall–Kier alpha value is -0.940. The van der Waals surface area contributed by atoms with Crippen LogP contribution in [0.5, 0.6) is 0 Å². The van der Waals surface area contributed by atoms with E-state index in [4.69, 9.17) is 4.74 Å². The molecule has 1 aromatic rings. The number of likely N-dealkylation sites (N-methyl/N-ethyl adjacent to an activating group) is 1. The second-order valence-corrected chi connectivity index (χ2v) is 4.70. The van der Waals surface area contributed by atoms with Crippen LogP contribution in [0.15, 0.2) is 24.3 Å². The van der Waals surface area contributed by atoms with Crippen LogP contribution in [0, 0.1) is 0 Å². The predicted molar refractivity (Wildman–Crippen MR) is 71.4 cm³/mol. The van der Waals surface area contributed by atoms with Gasteiger partial charge in [0.15, 0.2) is 0 Å². The first-order chi connectivity index (χ1) is 8.79. The molecule has 1 aromatic carbocycles. The van der Waals surface area contributed by atoms with Crippen LogP contribution in [-0.2, 0) is 11.3 Å². The third-order valence-electron chi connectivity index (χ3n) is 3.27. The van der Waals surface area contributed by atoms with Crippen LogP contribution in [0.25, 0.3) is 0 Å². The van der Waals surface area contributed by atoms with Crippen molar-refractivity contribution in [1.29, 1.82) is 0 Å². The summed E-state index contributed by atoms with van der Waals surface area (Å²) < 4.78 is 5.33. The number of hydrogen-bond acceptors (Lipinski definition) is 4. The van der Waals surface area contributed by atoms with E-state index < -0.39 is 6.10 Å². The van der Waals surface area contributed by atoms with E-state index in [1.165, 1.54) is 5.56 Å². The van der Waals surface area contributed by atoms with E-state index in [-0.39, 0.29) is 0 Å². The Balaban J connectivity index is 1.90. The van der Waals surface area contributed by atoms with Gasteiger partial charge in [-0.05, 0) is 18.2 Å². The molecule has 1 aliphatic rings. The molecule has 1 aliphatic heterocycles. The van der Waals surface area contributed by atoms with Gasteiger partial charge in [-0.25, -0.2) is 0 Å². The maximum Gasteiger partial charge on any atom is 0.0914 e. The number of aliphatic hydroxyl groups excluding tert-OH is 1. The SMILES string of the molecule is CNCC(O)c1ccc(CN2CCOCC2)cc1. The van der Waals surface area contributed by atoms with Gasteiger partial charge in [0.2, 0.25) is 0 Å². The number of ether oxygens (including phenoxy) is 1. The van der Waals surface area contributed by atoms with Gasteiger partial charge in [-0.2, -0.15) is 0 Å². The summed E-state index contributed by atoms with van der Waals surface area (Å²) in [5.74, 6) is 0. The summed E-state index contributed by atoms with van der Waals surface area (Å²) in [4.78, 5) is 2.39. The minimum atomic E-state index is -0.424. The Morgan fingerprint density at radius 3 is 2.56 bits per heavy atom. The number of nitrogens with one attached hydrogen (secondary N) is 1. The van der Waals surface area contributed by atoms with E-state index >= 15 is 0 Å². The number of morpholine rings is 1. The molecule has 0 radical (unpaired) electrons. The van der Waals surface area contributed by atoms with Crippen LogP contribution < -0.4 is 5.32 Å². The molecular weight excluding hydrogens is 228 g/mol. The molecule has 1 heterocycles. The topological polar surface area (TPSA) is 44.7 Å². The van der Waals surface area contributed by atoms with Gasteiger partial charge in [-0.3, -0.25) is 4.90 Å². The number of hydrogen-bond donors (Lipinski definition) is 2. The summed E-state index contributed by atoms with van der Waals surface area (Å²) in [6.07, 6.45) is -0.424. The quantitative estimate of drug-likeness (QED) is 0.810. The molecule has 2 rings (SSSR count). The largest absolute Gasteiger partial charge is 0.387 e. The lowest BCUT2D eigenvalue weighted by molar-refractivity contribution is 0.0342. The predicted octanol–water partition coefficient (Wildman–Crippen LogP) is 0.772. The van der Waals surface area contributed by atoms with Crippen molar-refractivity contribution < 1.29 is 9.84 Å². The third kappa shape index (κ3) is 3.78. The molecule has 18 heavy (non-hydrogen) atoms. The zero-order chi connectivity index (χ0) is 12.8. The maximum atomic E-state index is 9.84. The monoisotopic (exact) mass is 250 g/mol. The summed E-state index contributed by atoms with van der Waals surface area (Å²) in [7, 11) is 1.84. The van der Waals surface area contributed by atoms with Gasteiger partial charge in [0.1, 0.15) is 0 Å². The molecule has 4 nitrogen and oxygen atoms in total. The third-order valence-corrected chi connectivity index (χ3v) is 3.27. The van der Waals surface area contributed by atoms with Crippen LogP contribution >= 0.6 is 0 Å². The first-order valence-corrected chi connectivity index (χ1v) is 6.51. The standard InChI is InChI=1S/C14H22N2O2/c1-15-10-14(17)13-4-2-12(3-5-13)11-16-6-8-18-9-7-16/h2-5,14-15,17H,6-11H2,1H3. The zero-order valence-electron chi connectivity index (χ0n) is 10.9. The normalized spacial score (nSPS) is 18.8. The highest BCUT2D eigenvalue weighted by atomic mass is 16.5. The van der Waals surface area contributed by atoms with Gasteiger partial charge < -0.3 is 15.2 Å². The lowest BCUT2D eigenvalue weighted by Gasteiger charge is -2.26. The number of rotatable bonds is 5. The highest BCUT2D eigenvalue weighted by Gasteiger charge is 2.11. The molecule has 1 fully saturated rings. The van der Waals surface area contributed by atoms with Gasteiger partial charge in [-0.1, -0.05) is 24.3 Å². The average Bonchev–Trinajstić information content (AvgIpc) is 2.41. The van der Waals surface area contributed by atoms with E-state index in [1.54, 1.807) is 0 Å². The fraction of sp³-hybridized carbons (Fsp3) is 0.571. The molecular formula is C14H22N2O2. The Morgan fingerprint density at radius 2 is 1.94 bits per heavy atom. The Morgan fingerprint density at radius 1 is 1.28 bits per heavy atom. The Bertz CT molecular complexity index is 347. The van der Waals surface area contributed by atoms with Crippen LogP contribution in [-0.4, -0.2) is 49.9 Å². The van der Waals surface area contributed by atoms with Crippen molar-refractivity contribution in [1.82, 2.24) is 10.2 Å². The number of nitrogens with zero attached hydrogens (tertiary/aromatic N) is 1. The van der Waals surface area contributed by atoms with Gasteiger partial charge in [0.25, 0.3) is 0 Å². The fourth-order valence-electron chi connectivity index (χ4n) is 2.17. The highest BCUT2D eigenvalue weighted by Crippen LogP contribution is 2.14. The van der Waals surface area contributed by atoms with E-state index in [1.807, 2.05) is 19.2 Å². The first-order valence-electron chi connectivity index (χ1n) is 6.51. The molecule has 1 unspecified atom stereocenters. The van der Waals surface area contributed by atoms with Crippen LogP contribution in [0.4, 0.5) is 0 Å². The molecule has 0 aromatic heterocycles. The zero-order valence-corrected chi connectivity index (χ0v) is 10.9. The summed E-state index contributed by atoms with van der Waals surface area (Å²) in [5.41, 5.74) is 2.26. The van der Waals surface area contributed by atoms with Crippen molar-refractivity contribution in [3.05, 3.63) is 35.4 Å². The summed E-state index contributed by atoms with van der Waals surface area (Å²) >= 11 is 0. The molecule has 0 saturated carbocycles. The number of benzene rings is 1. The molecule has 100 valence electrons. The summed E-state index contributed by atoms with van der Waals surface area (Å²) in [6.45, 7) is 5.22. The van der Waals surface area contributed by atoms with Crippen molar-refractivity contribution in [3.8, 4) is 0 Å². The molecule has 0 bridgehead atoms. The molecule has 1 atom stereocenters. The lowest BCUT2D eigenvalue weighted by atomic mass is 10.1. The molecule has 0 spiro atoms. The van der Waals surface area contributed by atoms with Gasteiger partial charge in [-0.15, -0.1) is 0 Å². The Labute approximate surface area is 109 Å². The van der Waals surface area contributed by atoms with E-state index in [2.05, 4.69) is 22.3 Å². The summed E-state index contributed by atoms with van der Waals surface area (Å²) in [5, 5.41) is 12.8. The van der Waals surface area contributed by atoms with Crippen molar-refractivity contribution in [2.45, 2.75) is 12.6 Å². The first kappa shape index (κ1) is 13.5.